The van der Waals surface area contributed by atoms with Crippen LogP contribution in [0.5, 0.6) is 0 Å². The first-order valence-corrected chi connectivity index (χ1v) is 8.02. The van der Waals surface area contributed by atoms with Crippen molar-refractivity contribution in [3.8, 4) is 0 Å². The van der Waals surface area contributed by atoms with E-state index < -0.39 is 6.09 Å². The third kappa shape index (κ3) is 2.76. The highest BCUT2D eigenvalue weighted by Gasteiger charge is 2.44. The molecule has 21 heavy (non-hydrogen) atoms. The maximum atomic E-state index is 12.3. The monoisotopic (exact) mass is 304 g/mol. The van der Waals surface area contributed by atoms with Crippen LogP contribution in [0.1, 0.15) is 12.0 Å². The molecule has 0 radical (unpaired) electrons. The van der Waals surface area contributed by atoms with Crippen LogP contribution in [0.3, 0.4) is 0 Å². The Hall–Kier alpha value is -1.95. The molecule has 0 aliphatic carbocycles. The summed E-state index contributed by atoms with van der Waals surface area (Å²) in [5, 5.41) is 2.85. The molecule has 0 aromatic heterocycles. The number of ether oxygens (including phenoxy) is 1. The van der Waals surface area contributed by atoms with Crippen molar-refractivity contribution in [3.05, 3.63) is 47.7 Å². The van der Waals surface area contributed by atoms with E-state index in [4.69, 9.17) is 4.74 Å². The van der Waals surface area contributed by atoms with Crippen molar-refractivity contribution in [3.63, 3.8) is 0 Å². The largest absolute Gasteiger partial charge is 0.444 e. The molecule has 0 saturated carbocycles. The number of carbonyl (C=O) groups excluding carboxylic acids is 2. The van der Waals surface area contributed by atoms with Gasteiger partial charge in [0.25, 0.3) is 0 Å². The molecule has 1 unspecified atom stereocenters. The smallest absolute Gasteiger partial charge is 0.415 e. The zero-order chi connectivity index (χ0) is 14.8. The van der Waals surface area contributed by atoms with Gasteiger partial charge in [-0.3, -0.25) is 9.69 Å². The molecule has 0 spiro atoms. The standard InChI is InChI=1S/C15H16N2O3S/c1-21-14-7-11-12(8-13(18)16-11)17(14)15(19)20-9-10-5-3-2-4-6-10/h2-6,8,11,14H,7,9H2,1H3,(H,16,18)/t11-,14?/m0/s1. The molecule has 1 saturated heterocycles. The lowest BCUT2D eigenvalue weighted by atomic mass is 10.2. The van der Waals surface area contributed by atoms with Gasteiger partial charge >= 0.3 is 6.09 Å². The summed E-state index contributed by atoms with van der Waals surface area (Å²) in [5.41, 5.74) is 1.66. The molecular weight excluding hydrogens is 288 g/mol. The first-order valence-electron chi connectivity index (χ1n) is 6.74. The third-order valence-corrected chi connectivity index (χ3v) is 4.58. The van der Waals surface area contributed by atoms with Crippen molar-refractivity contribution < 1.29 is 14.3 Å². The van der Waals surface area contributed by atoms with Crippen molar-refractivity contribution in [1.29, 1.82) is 0 Å². The van der Waals surface area contributed by atoms with E-state index >= 15 is 0 Å². The Bertz CT molecular complexity index is 588. The lowest BCUT2D eigenvalue weighted by Crippen LogP contribution is -2.33. The number of nitrogens with one attached hydrogen (secondary N) is 1. The number of rotatable bonds is 3. The number of thioether (sulfide) groups is 1. The zero-order valence-corrected chi connectivity index (χ0v) is 12.4. The molecule has 2 atom stereocenters. The molecule has 2 aliphatic heterocycles. The number of likely N-dealkylation sites (tertiary alicyclic amines) is 1. The number of carbonyl (C=O) groups is 2. The summed E-state index contributed by atoms with van der Waals surface area (Å²) >= 11 is 1.58. The summed E-state index contributed by atoms with van der Waals surface area (Å²) in [5.74, 6) is -0.143. The number of benzene rings is 1. The quantitative estimate of drug-likeness (QED) is 0.929. The second kappa shape index (κ2) is 5.81. The first-order chi connectivity index (χ1) is 10.2. The maximum Gasteiger partial charge on any atom is 0.415 e. The molecule has 1 fully saturated rings. The van der Waals surface area contributed by atoms with Gasteiger partial charge in [-0.25, -0.2) is 4.79 Å². The van der Waals surface area contributed by atoms with E-state index in [1.165, 1.54) is 6.08 Å². The summed E-state index contributed by atoms with van der Waals surface area (Å²) in [6, 6.07) is 9.47. The SMILES string of the molecule is CSC1C[C@@H]2NC(=O)C=C2N1C(=O)OCc1ccccc1. The van der Waals surface area contributed by atoms with Gasteiger partial charge in [0.05, 0.1) is 17.1 Å². The van der Waals surface area contributed by atoms with E-state index in [0.717, 1.165) is 17.7 Å². The fourth-order valence-corrected chi connectivity index (χ4v) is 3.43. The second-order valence-corrected chi connectivity index (χ2v) is 5.98. The molecule has 2 amide bonds. The topological polar surface area (TPSA) is 58.6 Å². The average molecular weight is 304 g/mol. The van der Waals surface area contributed by atoms with Gasteiger partial charge in [0.15, 0.2) is 0 Å². The van der Waals surface area contributed by atoms with Crippen LogP contribution in [0.15, 0.2) is 42.1 Å². The van der Waals surface area contributed by atoms with E-state index in [9.17, 15) is 9.59 Å². The van der Waals surface area contributed by atoms with Crippen molar-refractivity contribution in [1.82, 2.24) is 10.2 Å². The first kappa shape index (κ1) is 14.0. The van der Waals surface area contributed by atoms with Gasteiger partial charge in [-0.05, 0) is 11.8 Å². The average Bonchev–Trinajstić information content (AvgIpc) is 3.01. The van der Waals surface area contributed by atoms with Gasteiger partial charge < -0.3 is 10.1 Å². The Labute approximate surface area is 127 Å². The highest BCUT2D eigenvalue weighted by molar-refractivity contribution is 7.99. The van der Waals surface area contributed by atoms with E-state index in [-0.39, 0.29) is 23.9 Å². The summed E-state index contributed by atoms with van der Waals surface area (Å²) in [7, 11) is 0. The van der Waals surface area contributed by atoms with Gasteiger partial charge in [-0.15, -0.1) is 11.8 Å². The van der Waals surface area contributed by atoms with Crippen LogP contribution in [0.2, 0.25) is 0 Å². The van der Waals surface area contributed by atoms with E-state index in [1.54, 1.807) is 16.7 Å². The van der Waals surface area contributed by atoms with Crippen LogP contribution in [-0.4, -0.2) is 34.6 Å². The molecule has 1 aromatic rings. The molecule has 2 aliphatic rings. The fraction of sp³-hybridized carbons (Fsp3) is 0.333. The van der Waals surface area contributed by atoms with Gasteiger partial charge in [0, 0.05) is 12.5 Å². The van der Waals surface area contributed by atoms with Crippen LogP contribution >= 0.6 is 11.8 Å². The molecular formula is C15H16N2O3S. The molecule has 1 N–H and O–H groups in total. The minimum atomic E-state index is -0.400. The molecule has 2 heterocycles. The molecule has 3 rings (SSSR count). The van der Waals surface area contributed by atoms with Gasteiger partial charge in [0.1, 0.15) is 6.61 Å². The molecule has 5 nitrogen and oxygen atoms in total. The minimum Gasteiger partial charge on any atom is -0.444 e. The summed E-state index contributed by atoms with van der Waals surface area (Å²) < 4.78 is 5.38. The summed E-state index contributed by atoms with van der Waals surface area (Å²) in [4.78, 5) is 25.4. The highest BCUT2D eigenvalue weighted by atomic mass is 32.2. The fourth-order valence-electron chi connectivity index (χ4n) is 2.63. The van der Waals surface area contributed by atoms with Crippen LogP contribution in [0, 0.1) is 0 Å². The van der Waals surface area contributed by atoms with Crippen molar-refractivity contribution in [2.45, 2.75) is 24.4 Å². The molecule has 0 bridgehead atoms. The predicted molar refractivity (Wildman–Crippen MR) is 80.4 cm³/mol. The molecule has 1 aromatic carbocycles. The lowest BCUT2D eigenvalue weighted by Gasteiger charge is -2.23. The maximum absolute atomic E-state index is 12.3. The third-order valence-electron chi connectivity index (χ3n) is 3.63. The Kier molecular flexibility index (Phi) is 3.88. The number of hydrogen-bond donors (Lipinski definition) is 1. The lowest BCUT2D eigenvalue weighted by molar-refractivity contribution is -0.116. The van der Waals surface area contributed by atoms with Crippen molar-refractivity contribution in [2.75, 3.05) is 6.26 Å². The van der Waals surface area contributed by atoms with Crippen LogP contribution in [0.25, 0.3) is 0 Å². The normalized spacial score (nSPS) is 23.6. The Morgan fingerprint density at radius 2 is 2.19 bits per heavy atom. The van der Waals surface area contributed by atoms with Gasteiger partial charge in [0.2, 0.25) is 5.91 Å². The number of amides is 2. The van der Waals surface area contributed by atoms with Crippen LogP contribution in [-0.2, 0) is 16.1 Å². The predicted octanol–water partition coefficient (Wildman–Crippen LogP) is 2.10. The van der Waals surface area contributed by atoms with E-state index in [0.29, 0.717) is 0 Å². The highest BCUT2D eigenvalue weighted by Crippen LogP contribution is 2.36. The van der Waals surface area contributed by atoms with E-state index in [1.807, 2.05) is 36.6 Å². The Morgan fingerprint density at radius 3 is 2.90 bits per heavy atom. The minimum absolute atomic E-state index is 0.00474. The zero-order valence-electron chi connectivity index (χ0n) is 11.6. The Morgan fingerprint density at radius 1 is 1.43 bits per heavy atom. The van der Waals surface area contributed by atoms with Gasteiger partial charge in [-0.2, -0.15) is 0 Å². The Balaban J connectivity index is 1.70. The van der Waals surface area contributed by atoms with Crippen LogP contribution in [0.4, 0.5) is 4.79 Å². The molecule has 6 heteroatoms. The van der Waals surface area contributed by atoms with Gasteiger partial charge in [-0.1, -0.05) is 30.3 Å². The van der Waals surface area contributed by atoms with Crippen molar-refractivity contribution in [2.24, 2.45) is 0 Å². The number of nitrogens with zero attached hydrogens (tertiary/aromatic N) is 1. The van der Waals surface area contributed by atoms with E-state index in [2.05, 4.69) is 5.32 Å². The number of hydrogen-bond acceptors (Lipinski definition) is 4. The summed E-state index contributed by atoms with van der Waals surface area (Å²) in [6.07, 6.45) is 3.76. The molecule has 110 valence electrons. The second-order valence-electron chi connectivity index (χ2n) is 4.97. The number of fused-ring (bicyclic) bond motifs is 1. The summed E-state index contributed by atoms with van der Waals surface area (Å²) in [6.45, 7) is 0.233. The van der Waals surface area contributed by atoms with Crippen molar-refractivity contribution >= 4 is 23.8 Å². The van der Waals surface area contributed by atoms with Crippen LogP contribution < -0.4 is 5.32 Å².